The van der Waals surface area contributed by atoms with Gasteiger partial charge in [-0.3, -0.25) is 9.59 Å². The number of carbonyl (C=O) groups excluding carboxylic acids is 2. The predicted molar refractivity (Wildman–Crippen MR) is 109 cm³/mol. The van der Waals surface area contributed by atoms with Gasteiger partial charge < -0.3 is 9.47 Å². The van der Waals surface area contributed by atoms with Gasteiger partial charge in [0.25, 0.3) is 0 Å². The van der Waals surface area contributed by atoms with Gasteiger partial charge in [-0.2, -0.15) is 0 Å². The van der Waals surface area contributed by atoms with Gasteiger partial charge in [-0.25, -0.2) is 0 Å². The van der Waals surface area contributed by atoms with Gasteiger partial charge in [0, 0.05) is 13.8 Å². The van der Waals surface area contributed by atoms with Gasteiger partial charge in [0.2, 0.25) is 0 Å². The summed E-state index contributed by atoms with van der Waals surface area (Å²) in [6, 6.07) is 15.3. The van der Waals surface area contributed by atoms with Gasteiger partial charge in [-0.05, 0) is 66.1 Å². The lowest BCUT2D eigenvalue weighted by Crippen LogP contribution is -2.09. The Morgan fingerprint density at radius 1 is 0.786 bits per heavy atom. The van der Waals surface area contributed by atoms with Gasteiger partial charge in [-0.1, -0.05) is 43.2 Å². The van der Waals surface area contributed by atoms with Crippen LogP contribution >= 0.6 is 0 Å². The lowest BCUT2D eigenvalue weighted by molar-refractivity contribution is -0.132. The van der Waals surface area contributed by atoms with Crippen molar-refractivity contribution in [3.63, 3.8) is 0 Å². The van der Waals surface area contributed by atoms with Crippen LogP contribution in [0.15, 0.2) is 54.1 Å². The van der Waals surface area contributed by atoms with E-state index < -0.39 is 0 Å². The zero-order valence-electron chi connectivity index (χ0n) is 16.7. The maximum atomic E-state index is 11.2. The van der Waals surface area contributed by atoms with Gasteiger partial charge in [0.05, 0.1) is 0 Å². The van der Waals surface area contributed by atoms with Crippen LogP contribution in [0.1, 0.15) is 57.6 Å². The van der Waals surface area contributed by atoms with E-state index in [1.54, 1.807) is 0 Å². The fourth-order valence-electron chi connectivity index (χ4n) is 3.81. The Kier molecular flexibility index (Phi) is 6.30. The van der Waals surface area contributed by atoms with Crippen molar-refractivity contribution in [1.29, 1.82) is 0 Å². The van der Waals surface area contributed by atoms with Crippen molar-refractivity contribution in [3.05, 3.63) is 65.2 Å². The van der Waals surface area contributed by atoms with Crippen molar-refractivity contribution in [1.82, 2.24) is 0 Å². The standard InChI is InChI=1S/C24H26O4/c1-16-6-4-5-7-23(16)24(19-8-12-21(13-9-19)27-17(2)25)20-10-14-22(15-11-20)28-18(3)26/h8-16H,4-7H2,1-3H3/t16-/m0/s1. The zero-order valence-corrected chi connectivity index (χ0v) is 16.7. The van der Waals surface area contributed by atoms with Gasteiger partial charge in [0.15, 0.2) is 0 Å². The van der Waals surface area contributed by atoms with E-state index in [-0.39, 0.29) is 11.9 Å². The van der Waals surface area contributed by atoms with Crippen molar-refractivity contribution in [2.45, 2.75) is 46.5 Å². The van der Waals surface area contributed by atoms with E-state index in [9.17, 15) is 9.59 Å². The molecule has 1 fully saturated rings. The second-order valence-electron chi connectivity index (χ2n) is 7.28. The largest absolute Gasteiger partial charge is 0.427 e. The summed E-state index contributed by atoms with van der Waals surface area (Å²) < 4.78 is 10.3. The predicted octanol–water partition coefficient (Wildman–Crippen LogP) is 5.55. The number of hydrogen-bond donors (Lipinski definition) is 0. The SMILES string of the molecule is CC(=O)Oc1ccc(C(=C2CCCC[C@@H]2C)c2ccc(OC(C)=O)cc2)cc1. The molecule has 3 rings (SSSR count). The zero-order chi connectivity index (χ0) is 20.1. The van der Waals surface area contributed by atoms with E-state index in [4.69, 9.17) is 9.47 Å². The number of rotatable bonds is 4. The molecule has 0 radical (unpaired) electrons. The van der Waals surface area contributed by atoms with E-state index >= 15 is 0 Å². The average molecular weight is 378 g/mol. The number of ether oxygens (including phenoxy) is 2. The van der Waals surface area contributed by atoms with Crippen LogP contribution in [0.25, 0.3) is 5.57 Å². The van der Waals surface area contributed by atoms with Crippen molar-refractivity contribution in [2.24, 2.45) is 5.92 Å². The molecule has 146 valence electrons. The number of hydrogen-bond acceptors (Lipinski definition) is 4. The highest BCUT2D eigenvalue weighted by molar-refractivity contribution is 5.83. The van der Waals surface area contributed by atoms with Gasteiger partial charge in [-0.15, -0.1) is 0 Å². The molecule has 0 aromatic heterocycles. The normalized spacial score (nSPS) is 16.4. The third-order valence-corrected chi connectivity index (χ3v) is 5.06. The molecule has 0 unspecified atom stereocenters. The molecule has 2 aromatic carbocycles. The Labute approximate surface area is 166 Å². The Hall–Kier alpha value is -2.88. The molecule has 28 heavy (non-hydrogen) atoms. The molecule has 0 N–H and O–H groups in total. The fourth-order valence-corrected chi connectivity index (χ4v) is 3.81. The summed E-state index contributed by atoms with van der Waals surface area (Å²) in [5.41, 5.74) is 4.86. The van der Waals surface area contributed by atoms with Crippen LogP contribution in [0, 0.1) is 5.92 Å². The first-order chi connectivity index (χ1) is 13.4. The lowest BCUT2D eigenvalue weighted by atomic mass is 9.79. The number of esters is 2. The fraction of sp³-hybridized carbons (Fsp3) is 0.333. The van der Waals surface area contributed by atoms with Crippen LogP contribution in [0.2, 0.25) is 0 Å². The van der Waals surface area contributed by atoms with E-state index in [1.807, 2.05) is 48.5 Å². The molecule has 1 saturated carbocycles. The van der Waals surface area contributed by atoms with Crippen LogP contribution < -0.4 is 9.47 Å². The summed E-state index contributed by atoms with van der Waals surface area (Å²) in [7, 11) is 0. The molecule has 0 saturated heterocycles. The van der Waals surface area contributed by atoms with Crippen LogP contribution in [0.3, 0.4) is 0 Å². The van der Waals surface area contributed by atoms with Crippen molar-refractivity contribution in [3.8, 4) is 11.5 Å². The van der Waals surface area contributed by atoms with E-state index in [2.05, 4.69) is 6.92 Å². The summed E-state index contributed by atoms with van der Waals surface area (Å²) in [6.07, 6.45) is 4.72. The highest BCUT2D eigenvalue weighted by atomic mass is 16.5. The molecule has 0 spiro atoms. The molecular formula is C24H26O4. The highest BCUT2D eigenvalue weighted by Crippen LogP contribution is 2.39. The summed E-state index contributed by atoms with van der Waals surface area (Å²) >= 11 is 0. The number of carbonyl (C=O) groups is 2. The summed E-state index contributed by atoms with van der Waals surface area (Å²) in [4.78, 5) is 22.4. The Bertz CT molecular complexity index is 814. The van der Waals surface area contributed by atoms with Crippen molar-refractivity contribution >= 4 is 17.5 Å². The van der Waals surface area contributed by atoms with Crippen LogP contribution in [-0.2, 0) is 9.59 Å². The lowest BCUT2D eigenvalue weighted by Gasteiger charge is -2.26. The quantitative estimate of drug-likeness (QED) is 0.517. The summed E-state index contributed by atoms with van der Waals surface area (Å²) in [5.74, 6) is 0.955. The second kappa shape index (κ2) is 8.87. The molecular weight excluding hydrogens is 352 g/mol. The van der Waals surface area contributed by atoms with E-state index in [0.29, 0.717) is 17.4 Å². The van der Waals surface area contributed by atoms with Gasteiger partial charge >= 0.3 is 11.9 Å². The van der Waals surface area contributed by atoms with Crippen LogP contribution in [0.4, 0.5) is 0 Å². The Balaban J connectivity index is 2.02. The molecule has 4 nitrogen and oxygen atoms in total. The number of benzene rings is 2. The first kappa shape index (κ1) is 19.9. The molecule has 1 aliphatic rings. The van der Waals surface area contributed by atoms with E-state index in [0.717, 1.165) is 17.5 Å². The highest BCUT2D eigenvalue weighted by Gasteiger charge is 2.21. The minimum atomic E-state index is -0.326. The number of allylic oxidation sites excluding steroid dienone is 1. The molecule has 2 aromatic rings. The molecule has 0 aliphatic heterocycles. The topological polar surface area (TPSA) is 52.6 Å². The van der Waals surface area contributed by atoms with Crippen LogP contribution in [-0.4, -0.2) is 11.9 Å². The molecule has 0 amide bonds. The third kappa shape index (κ3) is 4.89. The minimum Gasteiger partial charge on any atom is -0.427 e. The smallest absolute Gasteiger partial charge is 0.308 e. The Morgan fingerprint density at radius 3 is 1.64 bits per heavy atom. The second-order valence-corrected chi connectivity index (χ2v) is 7.28. The maximum absolute atomic E-state index is 11.2. The average Bonchev–Trinajstić information content (AvgIpc) is 2.65. The summed E-state index contributed by atoms with van der Waals surface area (Å²) in [6.45, 7) is 5.08. The molecule has 0 bridgehead atoms. The first-order valence-corrected chi connectivity index (χ1v) is 9.75. The van der Waals surface area contributed by atoms with Crippen molar-refractivity contribution < 1.29 is 19.1 Å². The van der Waals surface area contributed by atoms with Crippen LogP contribution in [0.5, 0.6) is 11.5 Å². The summed E-state index contributed by atoms with van der Waals surface area (Å²) in [5, 5.41) is 0. The Morgan fingerprint density at radius 2 is 1.25 bits per heavy atom. The maximum Gasteiger partial charge on any atom is 0.308 e. The molecule has 1 atom stereocenters. The van der Waals surface area contributed by atoms with Crippen molar-refractivity contribution in [2.75, 3.05) is 0 Å². The molecule has 1 aliphatic carbocycles. The van der Waals surface area contributed by atoms with Gasteiger partial charge in [0.1, 0.15) is 11.5 Å². The first-order valence-electron chi connectivity index (χ1n) is 9.75. The minimum absolute atomic E-state index is 0.326. The third-order valence-electron chi connectivity index (χ3n) is 5.06. The molecule has 0 heterocycles. The monoisotopic (exact) mass is 378 g/mol. The van der Waals surface area contributed by atoms with E-state index in [1.165, 1.54) is 44.3 Å². The molecule has 4 heteroatoms.